The van der Waals surface area contributed by atoms with Crippen molar-refractivity contribution in [2.75, 3.05) is 26.2 Å². The molecular weight excluding hydrogens is 226 g/mol. The highest BCUT2D eigenvalue weighted by atomic mass is 16.5. The zero-order valence-electron chi connectivity index (χ0n) is 11.8. The number of aromatic nitrogens is 1. The summed E-state index contributed by atoms with van der Waals surface area (Å²) in [5.74, 6) is 1.81. The van der Waals surface area contributed by atoms with Crippen LogP contribution in [0.3, 0.4) is 0 Å². The molecule has 1 N–H and O–H groups in total. The summed E-state index contributed by atoms with van der Waals surface area (Å²) in [6.07, 6.45) is 2.61. The van der Waals surface area contributed by atoms with Gasteiger partial charge in [-0.05, 0) is 52.2 Å². The van der Waals surface area contributed by atoms with Gasteiger partial charge in [0.05, 0.1) is 5.69 Å². The van der Waals surface area contributed by atoms with E-state index in [9.17, 15) is 0 Å². The van der Waals surface area contributed by atoms with Gasteiger partial charge in [0, 0.05) is 18.7 Å². The van der Waals surface area contributed by atoms with Crippen molar-refractivity contribution in [2.24, 2.45) is 5.92 Å². The molecule has 1 aliphatic heterocycles. The largest absolute Gasteiger partial charge is 0.361 e. The van der Waals surface area contributed by atoms with Gasteiger partial charge in [-0.2, -0.15) is 0 Å². The van der Waals surface area contributed by atoms with Gasteiger partial charge in [0.2, 0.25) is 0 Å². The van der Waals surface area contributed by atoms with Gasteiger partial charge >= 0.3 is 0 Å². The van der Waals surface area contributed by atoms with Gasteiger partial charge in [-0.3, -0.25) is 4.90 Å². The van der Waals surface area contributed by atoms with Crippen LogP contribution in [0.2, 0.25) is 0 Å². The van der Waals surface area contributed by atoms with Crippen LogP contribution in [0.4, 0.5) is 0 Å². The molecular formula is C14H25N3O. The summed E-state index contributed by atoms with van der Waals surface area (Å²) in [5.41, 5.74) is 2.31. The molecule has 102 valence electrons. The number of rotatable bonds is 5. The molecule has 1 saturated heterocycles. The third kappa shape index (κ3) is 3.33. The maximum atomic E-state index is 5.24. The van der Waals surface area contributed by atoms with Gasteiger partial charge in [-0.25, -0.2) is 0 Å². The summed E-state index contributed by atoms with van der Waals surface area (Å²) >= 11 is 0. The van der Waals surface area contributed by atoms with Gasteiger partial charge < -0.3 is 9.84 Å². The highest BCUT2D eigenvalue weighted by molar-refractivity contribution is 5.20. The van der Waals surface area contributed by atoms with Crippen molar-refractivity contribution in [3.63, 3.8) is 0 Å². The van der Waals surface area contributed by atoms with Gasteiger partial charge in [-0.15, -0.1) is 0 Å². The summed E-state index contributed by atoms with van der Waals surface area (Å²) in [4.78, 5) is 2.52. The summed E-state index contributed by atoms with van der Waals surface area (Å²) in [6.45, 7) is 11.9. The predicted octanol–water partition coefficient (Wildman–Crippen LogP) is 2.11. The molecule has 0 radical (unpaired) electrons. The summed E-state index contributed by atoms with van der Waals surface area (Å²) in [7, 11) is 0. The minimum Gasteiger partial charge on any atom is -0.361 e. The minimum absolute atomic E-state index is 0.840. The van der Waals surface area contributed by atoms with Crippen molar-refractivity contribution in [3.8, 4) is 0 Å². The molecule has 0 atom stereocenters. The predicted molar refractivity (Wildman–Crippen MR) is 72.5 cm³/mol. The van der Waals surface area contributed by atoms with Crippen molar-refractivity contribution in [1.29, 1.82) is 0 Å². The van der Waals surface area contributed by atoms with E-state index in [1.165, 1.54) is 38.0 Å². The fourth-order valence-electron chi connectivity index (χ4n) is 2.69. The van der Waals surface area contributed by atoms with E-state index >= 15 is 0 Å². The van der Waals surface area contributed by atoms with E-state index in [0.29, 0.717) is 0 Å². The first-order chi connectivity index (χ1) is 8.70. The Bertz CT molecular complexity index is 350. The fourth-order valence-corrected chi connectivity index (χ4v) is 2.69. The Hall–Kier alpha value is -0.870. The van der Waals surface area contributed by atoms with Gasteiger partial charge in [0.1, 0.15) is 5.76 Å². The molecule has 1 aromatic rings. The lowest BCUT2D eigenvalue weighted by Gasteiger charge is -2.29. The lowest BCUT2D eigenvalue weighted by molar-refractivity contribution is 0.206. The standard InChI is InChI=1S/C14H25N3O/c1-4-17(9-13-5-7-15-8-6-13)10-14-11(2)16-18-12(14)3/h13,15H,4-10H2,1-3H3. The highest BCUT2D eigenvalue weighted by Crippen LogP contribution is 2.18. The first-order valence-electron chi connectivity index (χ1n) is 7.05. The molecule has 0 bridgehead atoms. The van der Waals surface area contributed by atoms with Crippen molar-refractivity contribution in [1.82, 2.24) is 15.4 Å². The van der Waals surface area contributed by atoms with Crippen LogP contribution in [0.15, 0.2) is 4.52 Å². The number of nitrogens with zero attached hydrogens (tertiary/aromatic N) is 2. The Balaban J connectivity index is 1.92. The molecule has 1 aromatic heterocycles. The molecule has 0 aromatic carbocycles. The van der Waals surface area contributed by atoms with Crippen LogP contribution < -0.4 is 5.32 Å². The zero-order valence-corrected chi connectivity index (χ0v) is 11.8. The second-order valence-electron chi connectivity index (χ2n) is 5.32. The maximum Gasteiger partial charge on any atom is 0.138 e. The third-order valence-electron chi connectivity index (χ3n) is 3.99. The van der Waals surface area contributed by atoms with Crippen molar-refractivity contribution in [2.45, 2.75) is 40.2 Å². The fraction of sp³-hybridized carbons (Fsp3) is 0.786. The topological polar surface area (TPSA) is 41.3 Å². The van der Waals surface area contributed by atoms with Crippen molar-refractivity contribution < 1.29 is 4.52 Å². The maximum absolute atomic E-state index is 5.24. The molecule has 4 heteroatoms. The second-order valence-corrected chi connectivity index (χ2v) is 5.32. The Morgan fingerprint density at radius 1 is 1.33 bits per heavy atom. The first kappa shape index (κ1) is 13.6. The van der Waals surface area contributed by atoms with Crippen LogP contribution in [-0.2, 0) is 6.54 Å². The number of hydrogen-bond donors (Lipinski definition) is 1. The van der Waals surface area contributed by atoms with Crippen LogP contribution in [0.1, 0.15) is 36.8 Å². The van der Waals surface area contributed by atoms with Crippen LogP contribution in [0.5, 0.6) is 0 Å². The molecule has 4 nitrogen and oxygen atoms in total. The average Bonchev–Trinajstić information content (AvgIpc) is 2.70. The number of aryl methyl sites for hydroxylation is 2. The Kier molecular flexibility index (Phi) is 4.78. The van der Waals surface area contributed by atoms with Crippen LogP contribution in [-0.4, -0.2) is 36.2 Å². The SMILES string of the molecule is CCN(Cc1c(C)noc1C)CC1CCNCC1. The lowest BCUT2D eigenvalue weighted by atomic mass is 9.97. The molecule has 0 saturated carbocycles. The van der Waals surface area contributed by atoms with Gasteiger partial charge in [0.15, 0.2) is 0 Å². The molecule has 2 heterocycles. The van der Waals surface area contributed by atoms with E-state index in [1.807, 2.05) is 13.8 Å². The Morgan fingerprint density at radius 3 is 2.61 bits per heavy atom. The van der Waals surface area contributed by atoms with E-state index in [0.717, 1.165) is 30.5 Å². The number of piperidine rings is 1. The smallest absolute Gasteiger partial charge is 0.138 e. The zero-order chi connectivity index (χ0) is 13.0. The molecule has 0 spiro atoms. The van der Waals surface area contributed by atoms with E-state index in [4.69, 9.17) is 4.52 Å². The normalized spacial score (nSPS) is 17.6. The molecule has 0 amide bonds. The third-order valence-corrected chi connectivity index (χ3v) is 3.99. The van der Waals surface area contributed by atoms with Gasteiger partial charge in [-0.1, -0.05) is 12.1 Å². The summed E-state index contributed by atoms with van der Waals surface area (Å²) in [5, 5.41) is 7.46. The van der Waals surface area contributed by atoms with E-state index in [-0.39, 0.29) is 0 Å². The second kappa shape index (κ2) is 6.34. The molecule has 2 rings (SSSR count). The van der Waals surface area contributed by atoms with Crippen molar-refractivity contribution >= 4 is 0 Å². The average molecular weight is 251 g/mol. The molecule has 0 unspecified atom stereocenters. The summed E-state index contributed by atoms with van der Waals surface area (Å²) < 4.78 is 5.24. The van der Waals surface area contributed by atoms with E-state index in [2.05, 4.69) is 22.3 Å². The molecule has 1 fully saturated rings. The van der Waals surface area contributed by atoms with Crippen LogP contribution >= 0.6 is 0 Å². The number of nitrogens with one attached hydrogen (secondary N) is 1. The summed E-state index contributed by atoms with van der Waals surface area (Å²) in [6, 6.07) is 0. The quantitative estimate of drug-likeness (QED) is 0.870. The van der Waals surface area contributed by atoms with E-state index in [1.54, 1.807) is 0 Å². The van der Waals surface area contributed by atoms with Gasteiger partial charge in [0.25, 0.3) is 0 Å². The minimum atomic E-state index is 0.840. The Labute approximate surface area is 110 Å². The van der Waals surface area contributed by atoms with Crippen LogP contribution in [0, 0.1) is 19.8 Å². The lowest BCUT2D eigenvalue weighted by Crippen LogP contribution is -2.36. The van der Waals surface area contributed by atoms with E-state index < -0.39 is 0 Å². The number of hydrogen-bond acceptors (Lipinski definition) is 4. The highest BCUT2D eigenvalue weighted by Gasteiger charge is 2.18. The van der Waals surface area contributed by atoms with Crippen LogP contribution in [0.25, 0.3) is 0 Å². The first-order valence-corrected chi connectivity index (χ1v) is 7.05. The Morgan fingerprint density at radius 2 is 2.06 bits per heavy atom. The molecule has 0 aliphatic carbocycles. The van der Waals surface area contributed by atoms with Crippen molar-refractivity contribution in [3.05, 3.63) is 17.0 Å². The molecule has 18 heavy (non-hydrogen) atoms. The molecule has 1 aliphatic rings. The monoisotopic (exact) mass is 251 g/mol.